The first-order chi connectivity index (χ1) is 8.99. The molecule has 0 spiro atoms. The van der Waals surface area contributed by atoms with Crippen molar-refractivity contribution in [1.82, 2.24) is 9.88 Å². The third-order valence-corrected chi connectivity index (χ3v) is 3.73. The predicted molar refractivity (Wildman–Crippen MR) is 73.7 cm³/mol. The van der Waals surface area contributed by atoms with Crippen LogP contribution in [0.2, 0.25) is 4.34 Å². The molecule has 0 aliphatic heterocycles. The van der Waals surface area contributed by atoms with Gasteiger partial charge in [-0.2, -0.15) is 0 Å². The van der Waals surface area contributed by atoms with Crippen LogP contribution in [0.4, 0.5) is 10.2 Å². The molecule has 0 aliphatic carbocycles. The lowest BCUT2D eigenvalue weighted by Gasteiger charge is -2.16. The highest BCUT2D eigenvalue weighted by atomic mass is 35.5. The zero-order chi connectivity index (χ0) is 14.0. The van der Waals surface area contributed by atoms with Crippen LogP contribution in [0.25, 0.3) is 0 Å². The molecule has 0 radical (unpaired) electrons. The maximum Gasteiger partial charge on any atom is 0.257 e. The lowest BCUT2D eigenvalue weighted by molar-refractivity contribution is 0.0782. The molecule has 2 heterocycles. The van der Waals surface area contributed by atoms with Gasteiger partial charge in [-0.1, -0.05) is 11.6 Å². The number of hydrogen-bond acceptors (Lipinski definition) is 4. The van der Waals surface area contributed by atoms with E-state index in [2.05, 4.69) is 4.98 Å². The highest BCUT2D eigenvalue weighted by Gasteiger charge is 2.18. The third-order valence-electron chi connectivity index (χ3n) is 2.52. The van der Waals surface area contributed by atoms with Gasteiger partial charge in [-0.3, -0.25) is 4.79 Å². The Labute approximate surface area is 118 Å². The molecule has 0 unspecified atom stereocenters. The minimum atomic E-state index is -0.788. The van der Waals surface area contributed by atoms with E-state index in [0.29, 0.717) is 10.9 Å². The SMILES string of the molecule is CN(Cc1ccc(Cl)s1)C(=O)c1ccnc(N)c1F. The number of nitrogens with two attached hydrogens (primary N) is 1. The highest BCUT2D eigenvalue weighted by Crippen LogP contribution is 2.23. The zero-order valence-electron chi connectivity index (χ0n) is 10.1. The fourth-order valence-electron chi connectivity index (χ4n) is 1.57. The first-order valence-corrected chi connectivity index (χ1v) is 6.58. The summed E-state index contributed by atoms with van der Waals surface area (Å²) >= 11 is 7.19. The topological polar surface area (TPSA) is 59.2 Å². The Bertz CT molecular complexity index is 617. The number of carbonyl (C=O) groups excluding carboxylic acids is 1. The van der Waals surface area contributed by atoms with Crippen molar-refractivity contribution in [3.05, 3.63) is 45.0 Å². The molecular formula is C12H11ClFN3OS. The van der Waals surface area contributed by atoms with E-state index >= 15 is 0 Å². The van der Waals surface area contributed by atoms with Crippen LogP contribution in [-0.4, -0.2) is 22.8 Å². The van der Waals surface area contributed by atoms with E-state index in [0.717, 1.165) is 4.88 Å². The van der Waals surface area contributed by atoms with Crippen LogP contribution < -0.4 is 5.73 Å². The molecule has 1 amide bonds. The average molecular weight is 300 g/mol. The molecule has 4 nitrogen and oxygen atoms in total. The molecule has 2 aromatic heterocycles. The van der Waals surface area contributed by atoms with Gasteiger partial charge in [-0.25, -0.2) is 9.37 Å². The third kappa shape index (κ3) is 3.02. The van der Waals surface area contributed by atoms with Crippen molar-refractivity contribution in [2.45, 2.75) is 6.54 Å². The lowest BCUT2D eigenvalue weighted by Crippen LogP contribution is -2.27. The minimum absolute atomic E-state index is 0.0855. The van der Waals surface area contributed by atoms with Gasteiger partial charge in [0.1, 0.15) is 0 Å². The Morgan fingerprint density at radius 2 is 2.26 bits per heavy atom. The van der Waals surface area contributed by atoms with Gasteiger partial charge in [0, 0.05) is 18.1 Å². The molecule has 19 heavy (non-hydrogen) atoms. The van der Waals surface area contributed by atoms with Crippen LogP contribution in [0.5, 0.6) is 0 Å². The fraction of sp³-hybridized carbons (Fsp3) is 0.167. The van der Waals surface area contributed by atoms with Gasteiger partial charge >= 0.3 is 0 Å². The van der Waals surface area contributed by atoms with Crippen LogP contribution in [0.3, 0.4) is 0 Å². The van der Waals surface area contributed by atoms with Gasteiger partial charge in [0.2, 0.25) is 0 Å². The number of carbonyl (C=O) groups is 1. The quantitative estimate of drug-likeness (QED) is 0.948. The number of nitrogens with zero attached hydrogens (tertiary/aromatic N) is 2. The molecule has 0 saturated carbocycles. The molecule has 0 fully saturated rings. The van der Waals surface area contributed by atoms with E-state index in [9.17, 15) is 9.18 Å². The number of thiophene rings is 1. The Balaban J connectivity index is 2.17. The van der Waals surface area contributed by atoms with Crippen molar-refractivity contribution in [2.75, 3.05) is 12.8 Å². The van der Waals surface area contributed by atoms with Crippen LogP contribution in [0.15, 0.2) is 24.4 Å². The molecular weight excluding hydrogens is 289 g/mol. The molecule has 0 bridgehead atoms. The van der Waals surface area contributed by atoms with Gasteiger partial charge in [0.05, 0.1) is 16.4 Å². The fourth-order valence-corrected chi connectivity index (χ4v) is 2.71. The number of hydrogen-bond donors (Lipinski definition) is 1. The first kappa shape index (κ1) is 13.8. The smallest absolute Gasteiger partial charge is 0.257 e. The molecule has 0 atom stereocenters. The van der Waals surface area contributed by atoms with Crippen molar-refractivity contribution < 1.29 is 9.18 Å². The molecule has 7 heteroatoms. The summed E-state index contributed by atoms with van der Waals surface area (Å²) in [5.74, 6) is -1.52. The molecule has 2 N–H and O–H groups in total. The second-order valence-corrected chi connectivity index (χ2v) is 5.72. The Hall–Kier alpha value is -1.66. The summed E-state index contributed by atoms with van der Waals surface area (Å²) < 4.78 is 14.4. The standard InChI is InChI=1S/C12H11ClFN3OS/c1-17(6-7-2-3-9(13)19-7)12(18)8-4-5-16-11(15)10(8)14/h2-5H,6H2,1H3,(H2,15,16). The molecule has 0 aromatic carbocycles. The van der Waals surface area contributed by atoms with Crippen molar-refractivity contribution in [3.8, 4) is 0 Å². The summed E-state index contributed by atoms with van der Waals surface area (Å²) in [4.78, 5) is 18.0. The van der Waals surface area contributed by atoms with Gasteiger partial charge < -0.3 is 10.6 Å². The van der Waals surface area contributed by atoms with Crippen LogP contribution >= 0.6 is 22.9 Å². The average Bonchev–Trinajstić information content (AvgIpc) is 2.77. The minimum Gasteiger partial charge on any atom is -0.381 e. The van der Waals surface area contributed by atoms with Gasteiger partial charge in [-0.15, -0.1) is 11.3 Å². The molecule has 0 aliphatic rings. The summed E-state index contributed by atoms with van der Waals surface area (Å²) in [6, 6.07) is 4.89. The largest absolute Gasteiger partial charge is 0.381 e. The normalized spacial score (nSPS) is 10.5. The molecule has 2 aromatic rings. The number of rotatable bonds is 3. The summed E-state index contributed by atoms with van der Waals surface area (Å²) in [5, 5.41) is 0. The summed E-state index contributed by atoms with van der Waals surface area (Å²) in [6.07, 6.45) is 1.31. The summed E-state index contributed by atoms with van der Waals surface area (Å²) in [6.45, 7) is 0.359. The number of anilines is 1. The number of nitrogen functional groups attached to an aromatic ring is 1. The van der Waals surface area contributed by atoms with Crippen molar-refractivity contribution >= 4 is 34.7 Å². The molecule has 0 saturated heterocycles. The van der Waals surface area contributed by atoms with Crippen molar-refractivity contribution in [1.29, 1.82) is 0 Å². The van der Waals surface area contributed by atoms with E-state index in [1.54, 1.807) is 13.1 Å². The van der Waals surface area contributed by atoms with Gasteiger partial charge in [0.15, 0.2) is 11.6 Å². The number of halogens is 2. The first-order valence-electron chi connectivity index (χ1n) is 5.38. The molecule has 100 valence electrons. The van der Waals surface area contributed by atoms with E-state index in [4.69, 9.17) is 17.3 Å². The van der Waals surface area contributed by atoms with E-state index in [1.165, 1.54) is 28.5 Å². The van der Waals surface area contributed by atoms with Crippen LogP contribution in [0, 0.1) is 5.82 Å². The van der Waals surface area contributed by atoms with Gasteiger partial charge in [0.25, 0.3) is 5.91 Å². The maximum atomic E-state index is 13.7. The number of aromatic nitrogens is 1. The summed E-state index contributed by atoms with van der Waals surface area (Å²) in [7, 11) is 1.59. The van der Waals surface area contributed by atoms with Crippen LogP contribution in [0.1, 0.15) is 15.2 Å². The predicted octanol–water partition coefficient (Wildman–Crippen LogP) is 2.79. The van der Waals surface area contributed by atoms with Crippen molar-refractivity contribution in [2.24, 2.45) is 0 Å². The Morgan fingerprint density at radius 1 is 1.53 bits per heavy atom. The maximum absolute atomic E-state index is 13.7. The Morgan fingerprint density at radius 3 is 2.89 bits per heavy atom. The lowest BCUT2D eigenvalue weighted by atomic mass is 10.2. The monoisotopic (exact) mass is 299 g/mol. The number of pyridine rings is 1. The van der Waals surface area contributed by atoms with E-state index < -0.39 is 11.7 Å². The highest BCUT2D eigenvalue weighted by molar-refractivity contribution is 7.16. The van der Waals surface area contributed by atoms with E-state index in [1.807, 2.05) is 6.07 Å². The second-order valence-electron chi connectivity index (χ2n) is 3.92. The molecule has 2 rings (SSSR count). The van der Waals surface area contributed by atoms with E-state index in [-0.39, 0.29) is 11.4 Å². The number of amides is 1. The summed E-state index contributed by atoms with van der Waals surface area (Å²) in [5.41, 5.74) is 5.26. The van der Waals surface area contributed by atoms with Crippen LogP contribution in [-0.2, 0) is 6.54 Å². The zero-order valence-corrected chi connectivity index (χ0v) is 11.6. The second kappa shape index (κ2) is 5.54. The Kier molecular flexibility index (Phi) is 4.01. The van der Waals surface area contributed by atoms with Gasteiger partial charge in [-0.05, 0) is 18.2 Å². The van der Waals surface area contributed by atoms with Crippen molar-refractivity contribution in [3.63, 3.8) is 0 Å².